The van der Waals surface area contributed by atoms with E-state index >= 15 is 0 Å². The molecule has 1 aromatic carbocycles. The molecule has 1 amide bonds. The minimum Gasteiger partial charge on any atom is -0.480 e. The minimum atomic E-state index is -1.47. The van der Waals surface area contributed by atoms with Gasteiger partial charge in [0.15, 0.2) is 11.7 Å². The van der Waals surface area contributed by atoms with Crippen molar-refractivity contribution in [3.63, 3.8) is 0 Å². The third kappa shape index (κ3) is 9.20. The second-order valence-electron chi connectivity index (χ2n) is 4.02. The zero-order valence-corrected chi connectivity index (χ0v) is 16.3. The minimum absolute atomic E-state index is 0. The number of halogens is 2. The Labute approximate surface area is 166 Å². The van der Waals surface area contributed by atoms with Crippen molar-refractivity contribution in [1.82, 2.24) is 5.32 Å². The summed E-state index contributed by atoms with van der Waals surface area (Å²) < 4.78 is 0. The summed E-state index contributed by atoms with van der Waals surface area (Å²) in [5.41, 5.74) is 0.879. The number of hydrogen-bond donors (Lipinski definition) is 3. The van der Waals surface area contributed by atoms with Crippen LogP contribution in [0.15, 0.2) is 18.2 Å². The molecule has 1 fully saturated rings. The summed E-state index contributed by atoms with van der Waals surface area (Å²) >= 11 is 11.3. The Morgan fingerprint density at radius 1 is 1.35 bits per heavy atom. The van der Waals surface area contributed by atoms with E-state index in [1.165, 1.54) is 0 Å². The normalized spacial score (nSPS) is 15.2. The van der Waals surface area contributed by atoms with E-state index in [9.17, 15) is 14.4 Å². The molecule has 3 N–H and O–H groups in total. The average Bonchev–Trinajstić information content (AvgIpc) is 2.75. The van der Waals surface area contributed by atoms with Crippen molar-refractivity contribution in [3.05, 3.63) is 40.7 Å². The van der Waals surface area contributed by atoms with Crippen LogP contribution in [0.2, 0.25) is 10.0 Å². The van der Waals surface area contributed by atoms with Crippen molar-refractivity contribution < 1.29 is 54.2 Å². The van der Waals surface area contributed by atoms with E-state index < -0.39 is 23.6 Å². The molecule has 1 heterocycles. The molecule has 122 valence electrons. The third-order valence-electron chi connectivity index (χ3n) is 2.25. The van der Waals surface area contributed by atoms with Crippen LogP contribution in [0.25, 0.3) is 0 Å². The van der Waals surface area contributed by atoms with Crippen LogP contribution in [0.1, 0.15) is 12.5 Å². The molecule has 0 saturated carbocycles. The molecule has 1 aliphatic heterocycles. The molecule has 0 aliphatic carbocycles. The van der Waals surface area contributed by atoms with Crippen LogP contribution in [-0.2, 0) is 14.4 Å². The van der Waals surface area contributed by atoms with Crippen molar-refractivity contribution in [2.45, 2.75) is 6.92 Å². The molecule has 1 unspecified atom stereocenters. The van der Waals surface area contributed by atoms with E-state index in [4.69, 9.17) is 33.4 Å². The summed E-state index contributed by atoms with van der Waals surface area (Å²) in [6.45, 7) is 5.45. The predicted octanol–water partition coefficient (Wildman–Crippen LogP) is -1.44. The Bertz CT molecular complexity index is 538. The van der Waals surface area contributed by atoms with Crippen molar-refractivity contribution >= 4 is 40.9 Å². The number of carbonyl (C=O) groups excluding carboxylic acids is 2. The fraction of sp³-hybridized carbons (Fsp3) is 0.286. The first kappa shape index (κ1) is 24.5. The molecule has 6 nitrogen and oxygen atoms in total. The number of benzene rings is 1. The van der Waals surface area contributed by atoms with Gasteiger partial charge in [0.25, 0.3) is 0 Å². The fourth-order valence-electron chi connectivity index (χ4n) is 1.31. The van der Waals surface area contributed by atoms with Crippen LogP contribution in [-0.4, -0.2) is 41.0 Å². The van der Waals surface area contributed by atoms with Crippen molar-refractivity contribution in [2.75, 3.05) is 13.2 Å². The van der Waals surface area contributed by atoms with Crippen LogP contribution in [0.3, 0.4) is 0 Å². The van der Waals surface area contributed by atoms with Gasteiger partial charge in [-0.25, -0.2) is 0 Å². The molecule has 9 heteroatoms. The molecule has 2 rings (SSSR count). The summed E-state index contributed by atoms with van der Waals surface area (Å²) in [4.78, 5) is 31.2. The number of aliphatic hydroxyl groups is 1. The van der Waals surface area contributed by atoms with Crippen LogP contribution in [0.5, 0.6) is 0 Å². The van der Waals surface area contributed by atoms with Gasteiger partial charge in [-0.15, -0.1) is 6.07 Å². The van der Waals surface area contributed by atoms with Gasteiger partial charge in [-0.2, -0.15) is 18.6 Å². The molecule has 1 atom stereocenters. The second-order valence-corrected chi connectivity index (χ2v) is 4.83. The Hall–Kier alpha value is -0.760. The number of carboxylic acid groups (broad SMARTS) is 1. The number of amides is 1. The first-order valence-corrected chi connectivity index (χ1v) is 6.91. The van der Waals surface area contributed by atoms with Crippen molar-refractivity contribution in [2.24, 2.45) is 5.92 Å². The molecule has 23 heavy (non-hydrogen) atoms. The number of carbonyl (C=O) groups is 3. The molecular formula is C14H16Cl2NNaO5. The van der Waals surface area contributed by atoms with E-state index in [1.54, 1.807) is 19.1 Å². The van der Waals surface area contributed by atoms with Crippen LogP contribution in [0, 0.1) is 12.8 Å². The Morgan fingerprint density at radius 3 is 2.13 bits per heavy atom. The Balaban J connectivity index is 0. The number of rotatable bonds is 1. The van der Waals surface area contributed by atoms with Crippen molar-refractivity contribution in [3.8, 4) is 0 Å². The monoisotopic (exact) mass is 371 g/mol. The zero-order chi connectivity index (χ0) is 17.3. The van der Waals surface area contributed by atoms with Gasteiger partial charge in [0.1, 0.15) is 0 Å². The number of hydrogen-bond acceptors (Lipinski definition) is 4. The van der Waals surface area contributed by atoms with E-state index in [0.717, 1.165) is 5.56 Å². The standard InChI is InChI=1S/C7H5Cl2.C5H5NO4.C2H6O.Na/c1-5-2-3-6(8)7(9)4-5;7-2-1-6-4(8)3(2)5(9)10;1-2-3;/h2-4H,1H2;3H,1H2,(H,6,8)(H,9,10);3H,2H2,1H3;/q-1;;;+1. The van der Waals surface area contributed by atoms with E-state index in [0.29, 0.717) is 10.0 Å². The molecule has 0 bridgehead atoms. The van der Waals surface area contributed by atoms with Gasteiger partial charge in [0.2, 0.25) is 5.91 Å². The Morgan fingerprint density at radius 2 is 1.87 bits per heavy atom. The number of aliphatic carboxylic acids is 1. The van der Waals surface area contributed by atoms with Gasteiger partial charge in [-0.3, -0.25) is 14.4 Å². The van der Waals surface area contributed by atoms with Gasteiger partial charge in [-0.1, -0.05) is 29.3 Å². The van der Waals surface area contributed by atoms with Gasteiger partial charge in [0.05, 0.1) is 6.54 Å². The maximum absolute atomic E-state index is 10.6. The maximum Gasteiger partial charge on any atom is 1.00 e. The van der Waals surface area contributed by atoms with Crippen LogP contribution < -0.4 is 34.9 Å². The smallest absolute Gasteiger partial charge is 0.480 e. The second kappa shape index (κ2) is 12.6. The molecular weight excluding hydrogens is 356 g/mol. The van der Waals surface area contributed by atoms with Gasteiger partial charge in [-0.05, 0) is 6.92 Å². The van der Waals surface area contributed by atoms with Gasteiger partial charge < -0.3 is 15.5 Å². The summed E-state index contributed by atoms with van der Waals surface area (Å²) in [6, 6.07) is 5.27. The molecule has 1 aromatic rings. The summed E-state index contributed by atoms with van der Waals surface area (Å²) in [5.74, 6) is -4.13. The van der Waals surface area contributed by atoms with Gasteiger partial charge >= 0.3 is 35.5 Å². The molecule has 0 aromatic heterocycles. The third-order valence-corrected chi connectivity index (χ3v) is 2.99. The SMILES string of the molecule is CCO.O=C(O)C1C(=O)CNC1=O.[CH2-]c1ccc(Cl)c(Cl)c1.[Na+]. The van der Waals surface area contributed by atoms with E-state index in [1.807, 2.05) is 6.07 Å². The number of carboxylic acids is 1. The van der Waals surface area contributed by atoms with E-state index in [-0.39, 0.29) is 42.7 Å². The zero-order valence-electron chi connectivity index (χ0n) is 12.8. The molecule has 1 saturated heterocycles. The van der Waals surface area contributed by atoms with Crippen molar-refractivity contribution in [1.29, 1.82) is 0 Å². The number of aliphatic hydroxyl groups excluding tert-OH is 1. The Kier molecular flexibility index (Phi) is 13.5. The molecule has 0 radical (unpaired) electrons. The number of nitrogens with one attached hydrogen (secondary N) is 1. The average molecular weight is 372 g/mol. The summed E-state index contributed by atoms with van der Waals surface area (Å²) in [6.07, 6.45) is 0. The number of Topliss-reactive ketones (excluding diaryl/α,β-unsaturated/α-hetero) is 1. The summed E-state index contributed by atoms with van der Waals surface area (Å²) in [5, 5.41) is 19.1. The van der Waals surface area contributed by atoms with Crippen LogP contribution >= 0.6 is 23.2 Å². The maximum atomic E-state index is 10.6. The number of ketones is 1. The topological polar surface area (TPSA) is 104 Å². The van der Waals surface area contributed by atoms with E-state index in [2.05, 4.69) is 12.2 Å². The van der Waals surface area contributed by atoms with Gasteiger partial charge in [0, 0.05) is 16.7 Å². The molecule has 0 spiro atoms. The summed E-state index contributed by atoms with van der Waals surface area (Å²) in [7, 11) is 0. The first-order valence-electron chi connectivity index (χ1n) is 6.15. The largest absolute Gasteiger partial charge is 1.00 e. The van der Waals surface area contributed by atoms with Crippen LogP contribution in [0.4, 0.5) is 0 Å². The quantitative estimate of drug-likeness (QED) is 0.319. The predicted molar refractivity (Wildman–Crippen MR) is 82.8 cm³/mol. The fourth-order valence-corrected chi connectivity index (χ4v) is 1.63. The molecule has 1 aliphatic rings. The first-order chi connectivity index (χ1) is 10.2.